The molecule has 28 heavy (non-hydrogen) atoms. The SMILES string of the molecule is O=C(NCCCn1nc(-c2ccccc2)ccc1=O)Nc1ccc(F)c(F)c1. The lowest BCUT2D eigenvalue weighted by atomic mass is 10.1. The van der Waals surface area contributed by atoms with Gasteiger partial charge in [0, 0.05) is 36.5 Å². The van der Waals surface area contributed by atoms with Gasteiger partial charge in [-0.3, -0.25) is 4.79 Å². The first kappa shape index (κ1) is 19.2. The number of urea groups is 1. The van der Waals surface area contributed by atoms with Crippen LogP contribution in [0.25, 0.3) is 11.3 Å². The molecule has 2 aromatic carbocycles. The molecule has 0 aliphatic heterocycles. The first-order chi connectivity index (χ1) is 13.5. The van der Waals surface area contributed by atoms with Gasteiger partial charge in [0.05, 0.1) is 5.69 Å². The molecule has 0 aliphatic carbocycles. The van der Waals surface area contributed by atoms with Gasteiger partial charge in [-0.2, -0.15) is 5.10 Å². The number of hydrogen-bond donors (Lipinski definition) is 2. The van der Waals surface area contributed by atoms with Crippen LogP contribution in [0.1, 0.15) is 6.42 Å². The Bertz CT molecular complexity index is 1020. The summed E-state index contributed by atoms with van der Waals surface area (Å²) in [5, 5.41) is 9.35. The summed E-state index contributed by atoms with van der Waals surface area (Å²) in [4.78, 5) is 23.8. The van der Waals surface area contributed by atoms with Crippen LogP contribution in [0.2, 0.25) is 0 Å². The van der Waals surface area contributed by atoms with Crippen molar-refractivity contribution in [2.24, 2.45) is 0 Å². The molecule has 3 aromatic rings. The van der Waals surface area contributed by atoms with Crippen LogP contribution in [-0.2, 0) is 6.54 Å². The average molecular weight is 384 g/mol. The minimum atomic E-state index is -1.04. The third-order valence-electron chi connectivity index (χ3n) is 3.95. The molecule has 2 N–H and O–H groups in total. The van der Waals surface area contributed by atoms with Gasteiger partial charge in [0.1, 0.15) is 0 Å². The van der Waals surface area contributed by atoms with Crippen molar-refractivity contribution in [1.82, 2.24) is 15.1 Å². The van der Waals surface area contributed by atoms with E-state index in [4.69, 9.17) is 0 Å². The van der Waals surface area contributed by atoms with Crippen molar-refractivity contribution < 1.29 is 13.6 Å². The van der Waals surface area contributed by atoms with Gasteiger partial charge < -0.3 is 10.6 Å². The molecule has 0 bridgehead atoms. The van der Waals surface area contributed by atoms with E-state index in [1.165, 1.54) is 16.8 Å². The van der Waals surface area contributed by atoms with E-state index < -0.39 is 17.7 Å². The number of aromatic nitrogens is 2. The number of carbonyl (C=O) groups is 1. The smallest absolute Gasteiger partial charge is 0.319 e. The van der Waals surface area contributed by atoms with Gasteiger partial charge in [-0.1, -0.05) is 30.3 Å². The van der Waals surface area contributed by atoms with Crippen LogP contribution in [0.5, 0.6) is 0 Å². The maximum atomic E-state index is 13.1. The number of hydrogen-bond acceptors (Lipinski definition) is 3. The van der Waals surface area contributed by atoms with Gasteiger partial charge in [-0.15, -0.1) is 0 Å². The topological polar surface area (TPSA) is 76.0 Å². The molecule has 2 amide bonds. The quantitative estimate of drug-likeness (QED) is 0.640. The van der Waals surface area contributed by atoms with E-state index in [9.17, 15) is 18.4 Å². The largest absolute Gasteiger partial charge is 0.338 e. The Labute approximate surface area is 159 Å². The summed E-state index contributed by atoms with van der Waals surface area (Å²) >= 11 is 0. The highest BCUT2D eigenvalue weighted by Crippen LogP contribution is 2.14. The number of nitrogens with zero attached hydrogens (tertiary/aromatic N) is 2. The molecule has 0 spiro atoms. The van der Waals surface area contributed by atoms with Crippen LogP contribution in [0.15, 0.2) is 65.5 Å². The highest BCUT2D eigenvalue weighted by molar-refractivity contribution is 5.89. The summed E-state index contributed by atoms with van der Waals surface area (Å²) in [7, 11) is 0. The molecule has 1 heterocycles. The van der Waals surface area contributed by atoms with E-state index in [0.717, 1.165) is 17.7 Å². The molecule has 0 radical (unpaired) electrons. The second kappa shape index (κ2) is 8.90. The fraction of sp³-hybridized carbons (Fsp3) is 0.150. The summed E-state index contributed by atoms with van der Waals surface area (Å²) in [6.07, 6.45) is 0.469. The van der Waals surface area contributed by atoms with Gasteiger partial charge in [-0.25, -0.2) is 18.3 Å². The number of benzene rings is 2. The maximum absolute atomic E-state index is 13.1. The van der Waals surface area contributed by atoms with Crippen molar-refractivity contribution in [3.8, 4) is 11.3 Å². The Morgan fingerprint density at radius 2 is 1.79 bits per heavy atom. The zero-order valence-corrected chi connectivity index (χ0v) is 14.9. The Morgan fingerprint density at radius 3 is 2.54 bits per heavy atom. The van der Waals surface area contributed by atoms with E-state index in [0.29, 0.717) is 18.7 Å². The molecule has 3 rings (SSSR count). The molecule has 0 aliphatic rings. The average Bonchev–Trinajstić information content (AvgIpc) is 2.70. The second-order valence-electron chi connectivity index (χ2n) is 6.01. The van der Waals surface area contributed by atoms with Crippen molar-refractivity contribution >= 4 is 11.7 Å². The summed E-state index contributed by atoms with van der Waals surface area (Å²) in [6.45, 7) is 0.601. The van der Waals surface area contributed by atoms with E-state index in [2.05, 4.69) is 15.7 Å². The summed E-state index contributed by atoms with van der Waals surface area (Å²) in [5.41, 5.74) is 1.50. The molecule has 0 unspecified atom stereocenters. The first-order valence-corrected chi connectivity index (χ1v) is 8.66. The monoisotopic (exact) mass is 384 g/mol. The molecular weight excluding hydrogens is 366 g/mol. The van der Waals surface area contributed by atoms with Crippen molar-refractivity contribution in [1.29, 1.82) is 0 Å². The molecule has 0 fully saturated rings. The Kier molecular flexibility index (Phi) is 6.11. The van der Waals surface area contributed by atoms with Crippen LogP contribution in [0.3, 0.4) is 0 Å². The molecular formula is C20H18F2N4O2. The number of halogens is 2. The molecule has 144 valence electrons. The van der Waals surface area contributed by atoms with Gasteiger partial charge in [-0.05, 0) is 24.6 Å². The highest BCUT2D eigenvalue weighted by atomic mass is 19.2. The first-order valence-electron chi connectivity index (χ1n) is 8.66. The van der Waals surface area contributed by atoms with Gasteiger partial charge in [0.25, 0.3) is 5.56 Å². The zero-order valence-electron chi connectivity index (χ0n) is 14.9. The Morgan fingerprint density at radius 1 is 1.00 bits per heavy atom. The third-order valence-corrected chi connectivity index (χ3v) is 3.95. The predicted octanol–water partition coefficient (Wildman–Crippen LogP) is 3.40. The number of amides is 2. The van der Waals surface area contributed by atoms with Crippen molar-refractivity contribution in [3.05, 3.63) is 82.7 Å². The number of carbonyl (C=O) groups excluding carboxylic acids is 1. The number of aryl methyl sites for hydroxylation is 1. The summed E-state index contributed by atoms with van der Waals surface area (Å²) in [6, 6.07) is 15.2. The molecule has 8 heteroatoms. The zero-order chi connectivity index (χ0) is 19.9. The lowest BCUT2D eigenvalue weighted by Crippen LogP contribution is -2.31. The normalized spacial score (nSPS) is 10.5. The van der Waals surface area contributed by atoms with Crippen LogP contribution < -0.4 is 16.2 Å². The molecule has 0 saturated carbocycles. The minimum absolute atomic E-state index is 0.143. The summed E-state index contributed by atoms with van der Waals surface area (Å²) in [5.74, 6) is -2.02. The van der Waals surface area contributed by atoms with E-state index in [1.54, 1.807) is 6.07 Å². The van der Waals surface area contributed by atoms with E-state index >= 15 is 0 Å². The van der Waals surface area contributed by atoms with Crippen LogP contribution in [-0.4, -0.2) is 22.4 Å². The minimum Gasteiger partial charge on any atom is -0.338 e. The lowest BCUT2D eigenvalue weighted by molar-refractivity contribution is 0.251. The number of nitrogens with one attached hydrogen (secondary N) is 2. The second-order valence-corrected chi connectivity index (χ2v) is 6.01. The van der Waals surface area contributed by atoms with Crippen LogP contribution in [0, 0.1) is 11.6 Å². The van der Waals surface area contributed by atoms with Crippen molar-refractivity contribution in [3.63, 3.8) is 0 Å². The van der Waals surface area contributed by atoms with Crippen molar-refractivity contribution in [2.75, 3.05) is 11.9 Å². The van der Waals surface area contributed by atoms with Gasteiger partial charge in [0.2, 0.25) is 0 Å². The lowest BCUT2D eigenvalue weighted by Gasteiger charge is -2.09. The molecule has 6 nitrogen and oxygen atoms in total. The molecule has 0 atom stereocenters. The van der Waals surface area contributed by atoms with Crippen LogP contribution in [0.4, 0.5) is 19.3 Å². The van der Waals surface area contributed by atoms with Gasteiger partial charge >= 0.3 is 6.03 Å². The molecule has 1 aromatic heterocycles. The standard InChI is InChI=1S/C20H18F2N4O2/c21-16-8-7-15(13-17(16)22)24-20(28)23-11-4-12-26-19(27)10-9-18(25-26)14-5-2-1-3-6-14/h1-3,5-10,13H,4,11-12H2,(H2,23,24,28). The predicted molar refractivity (Wildman–Crippen MR) is 102 cm³/mol. The van der Waals surface area contributed by atoms with E-state index in [1.807, 2.05) is 30.3 Å². The van der Waals surface area contributed by atoms with Gasteiger partial charge in [0.15, 0.2) is 11.6 Å². The highest BCUT2D eigenvalue weighted by Gasteiger charge is 2.06. The number of anilines is 1. The maximum Gasteiger partial charge on any atom is 0.319 e. The van der Waals surface area contributed by atoms with E-state index in [-0.39, 0.29) is 17.8 Å². The number of rotatable bonds is 6. The fourth-order valence-corrected chi connectivity index (χ4v) is 2.55. The van der Waals surface area contributed by atoms with Crippen molar-refractivity contribution in [2.45, 2.75) is 13.0 Å². The Hall–Kier alpha value is -3.55. The Balaban J connectivity index is 1.51. The molecule has 0 saturated heterocycles. The van der Waals surface area contributed by atoms with Crippen LogP contribution >= 0.6 is 0 Å². The third kappa shape index (κ3) is 5.00. The fourth-order valence-electron chi connectivity index (χ4n) is 2.55. The summed E-state index contributed by atoms with van der Waals surface area (Å²) < 4.78 is 27.4.